The summed E-state index contributed by atoms with van der Waals surface area (Å²) in [5.41, 5.74) is 28.9. The number of benzene rings is 12. The molecule has 1 atom stereocenters. The molecule has 3 aliphatic carbocycles. The topological polar surface area (TPSA) is 6.48 Å². The summed E-state index contributed by atoms with van der Waals surface area (Å²) >= 11 is 1.90. The van der Waals surface area contributed by atoms with E-state index in [0.29, 0.717) is 0 Å². The van der Waals surface area contributed by atoms with Crippen LogP contribution in [0.25, 0.3) is 86.9 Å². The Morgan fingerprint density at radius 3 is 1.49 bits per heavy atom. The minimum Gasteiger partial charge on any atom is -0.310 e. The first-order valence-corrected chi connectivity index (χ1v) is 28.4. The maximum Gasteiger partial charge on any atom is 0.0725 e. The Bertz CT molecular complexity index is 4730. The standard InChI is InChI=1S/C76H50N2S/c1-75(2)65-31-15-10-27-56(65)58-39-36-50(44-69(58)75)77(49-38-41-72-63(43-49)54-25-9-7-23-52(54)59-29-13-18-34-71(59)78(72)47-20-4-3-5-21-47)48-37-40-68-61(42-48)53-24-8-6-22-51(53)55-26-11-16-32-66(55)76(68)67-33-17-12-28-57(67)62-46-74-64(45-70(62)76)60-30-14-19-35-73(60)79-74/h3-46H,1-2H3. The minimum absolute atomic E-state index is 0.199. The van der Waals surface area contributed by atoms with E-state index in [1.54, 1.807) is 0 Å². The van der Waals surface area contributed by atoms with E-state index in [9.17, 15) is 0 Å². The highest BCUT2D eigenvalue weighted by Gasteiger charge is 2.50. The Balaban J connectivity index is 0.957. The summed E-state index contributed by atoms with van der Waals surface area (Å²) in [6.45, 7) is 4.78. The second-order valence-electron chi connectivity index (χ2n) is 22.3. The monoisotopic (exact) mass is 1020 g/mol. The number of rotatable bonds is 4. The zero-order valence-corrected chi connectivity index (χ0v) is 44.5. The molecule has 2 nitrogen and oxygen atoms in total. The molecule has 370 valence electrons. The molecule has 0 N–H and O–H groups in total. The molecule has 17 rings (SSSR count). The van der Waals surface area contributed by atoms with Gasteiger partial charge in [-0.15, -0.1) is 11.3 Å². The van der Waals surface area contributed by atoms with Crippen LogP contribution in [0.15, 0.2) is 267 Å². The molecule has 0 amide bonds. The predicted molar refractivity (Wildman–Crippen MR) is 332 cm³/mol. The number of para-hydroxylation sites is 2. The molecule has 3 heteroatoms. The first-order chi connectivity index (χ1) is 38.9. The molecule has 0 saturated heterocycles. The number of thiophene rings is 1. The predicted octanol–water partition coefficient (Wildman–Crippen LogP) is 21.0. The molecule has 1 aliphatic heterocycles. The van der Waals surface area contributed by atoms with Crippen molar-refractivity contribution >= 4 is 65.6 Å². The lowest BCUT2D eigenvalue weighted by Gasteiger charge is -2.36. The van der Waals surface area contributed by atoms with Crippen molar-refractivity contribution in [2.45, 2.75) is 24.7 Å². The summed E-state index contributed by atoms with van der Waals surface area (Å²) in [4.78, 5) is 4.99. The summed E-state index contributed by atoms with van der Waals surface area (Å²) in [5.74, 6) is 0. The smallest absolute Gasteiger partial charge is 0.0725 e. The zero-order chi connectivity index (χ0) is 52.1. The van der Waals surface area contributed by atoms with E-state index < -0.39 is 5.41 Å². The van der Waals surface area contributed by atoms with Crippen LogP contribution in [0.5, 0.6) is 0 Å². The first kappa shape index (κ1) is 44.6. The summed E-state index contributed by atoms with van der Waals surface area (Å²) in [6.07, 6.45) is 0. The maximum absolute atomic E-state index is 2.56. The van der Waals surface area contributed by atoms with E-state index in [2.05, 4.69) is 291 Å². The lowest BCUT2D eigenvalue weighted by Crippen LogP contribution is -2.29. The van der Waals surface area contributed by atoms with Crippen LogP contribution in [0.1, 0.15) is 47.2 Å². The zero-order valence-electron chi connectivity index (χ0n) is 43.7. The van der Waals surface area contributed by atoms with E-state index in [0.717, 1.165) is 34.1 Å². The Labute approximate surface area is 464 Å². The van der Waals surface area contributed by atoms with E-state index >= 15 is 0 Å². The number of nitrogens with zero attached hydrogens (tertiary/aromatic N) is 2. The van der Waals surface area contributed by atoms with Crippen molar-refractivity contribution in [1.29, 1.82) is 0 Å². The maximum atomic E-state index is 2.56. The SMILES string of the molecule is CC1(C)c2ccccc2-c2ccc(N(c3ccc4c(c3)-c3ccccc3-c3ccccc3N4c3ccccc3)c3ccc4c(c3)-c3ccccc3-c3ccccc3C43c4ccccc4-c4cc5sc6ccccc6c5cc43)cc21. The van der Waals surface area contributed by atoms with Gasteiger partial charge in [0.25, 0.3) is 0 Å². The number of anilines is 6. The van der Waals surface area contributed by atoms with Gasteiger partial charge in [-0.3, -0.25) is 0 Å². The normalized spacial score (nSPS) is 15.3. The molecule has 1 unspecified atom stereocenters. The molecular formula is C76H50N2S. The fourth-order valence-electron chi connectivity index (χ4n) is 14.6. The second kappa shape index (κ2) is 16.5. The summed E-state index contributed by atoms with van der Waals surface area (Å²) in [7, 11) is 0. The fourth-order valence-corrected chi connectivity index (χ4v) is 15.8. The Kier molecular flexibility index (Phi) is 9.30. The van der Waals surface area contributed by atoms with E-state index in [1.807, 2.05) is 11.3 Å². The lowest BCUT2D eigenvalue weighted by molar-refractivity contribution is 0.660. The molecule has 2 heterocycles. The quantitative estimate of drug-likeness (QED) is 0.173. The molecule has 13 aromatic rings. The van der Waals surface area contributed by atoms with E-state index in [-0.39, 0.29) is 5.41 Å². The van der Waals surface area contributed by atoms with Gasteiger partial charge >= 0.3 is 0 Å². The number of hydrogen-bond acceptors (Lipinski definition) is 3. The lowest BCUT2D eigenvalue weighted by atomic mass is 9.65. The Morgan fingerprint density at radius 2 is 0.759 bits per heavy atom. The average Bonchev–Trinajstić information content (AvgIpc) is 3.44. The van der Waals surface area contributed by atoms with Crippen LogP contribution in [0.2, 0.25) is 0 Å². The fraction of sp³-hybridized carbons (Fsp3) is 0.0526. The molecule has 12 aromatic carbocycles. The van der Waals surface area contributed by atoms with Crippen LogP contribution in [-0.2, 0) is 10.8 Å². The largest absolute Gasteiger partial charge is 0.310 e. The van der Waals surface area contributed by atoms with Crippen molar-refractivity contribution in [2.75, 3.05) is 9.80 Å². The van der Waals surface area contributed by atoms with Gasteiger partial charge in [-0.25, -0.2) is 0 Å². The van der Waals surface area contributed by atoms with Crippen LogP contribution >= 0.6 is 11.3 Å². The Morgan fingerprint density at radius 1 is 0.291 bits per heavy atom. The highest BCUT2D eigenvalue weighted by Crippen LogP contribution is 2.63. The summed E-state index contributed by atoms with van der Waals surface area (Å²) < 4.78 is 2.64. The molecule has 0 saturated carbocycles. The van der Waals surface area contributed by atoms with Crippen LogP contribution in [0.4, 0.5) is 34.1 Å². The Hall–Kier alpha value is -9.54. The van der Waals surface area contributed by atoms with Gasteiger partial charge in [0.2, 0.25) is 0 Å². The molecule has 0 fully saturated rings. The molecule has 4 aliphatic rings. The molecule has 0 radical (unpaired) electrons. The van der Waals surface area contributed by atoms with Gasteiger partial charge in [0.1, 0.15) is 0 Å². The number of fused-ring (bicyclic) bond motifs is 23. The average molecular weight is 1020 g/mol. The molecule has 0 bridgehead atoms. The molecule has 1 aromatic heterocycles. The van der Waals surface area contributed by atoms with Crippen molar-refractivity contribution in [3.63, 3.8) is 0 Å². The molecular weight excluding hydrogens is 973 g/mol. The highest BCUT2D eigenvalue weighted by molar-refractivity contribution is 7.25. The minimum atomic E-state index is -0.634. The summed E-state index contributed by atoms with van der Waals surface area (Å²) in [5, 5.41) is 2.63. The van der Waals surface area contributed by atoms with Gasteiger partial charge in [-0.05, 0) is 168 Å². The highest BCUT2D eigenvalue weighted by atomic mass is 32.1. The van der Waals surface area contributed by atoms with Gasteiger partial charge in [0.15, 0.2) is 0 Å². The van der Waals surface area contributed by atoms with Crippen molar-refractivity contribution in [3.05, 3.63) is 300 Å². The summed E-state index contributed by atoms with van der Waals surface area (Å²) in [6, 6.07) is 101. The van der Waals surface area contributed by atoms with E-state index in [1.165, 1.54) is 120 Å². The van der Waals surface area contributed by atoms with Crippen molar-refractivity contribution < 1.29 is 0 Å². The number of hydrogen-bond donors (Lipinski definition) is 0. The third-order valence-electron chi connectivity index (χ3n) is 18.0. The van der Waals surface area contributed by atoms with Gasteiger partial charge in [-0.2, -0.15) is 0 Å². The van der Waals surface area contributed by atoms with Crippen LogP contribution < -0.4 is 9.80 Å². The third kappa shape index (κ3) is 6.11. The van der Waals surface area contributed by atoms with Gasteiger partial charge in [0.05, 0.1) is 16.8 Å². The van der Waals surface area contributed by atoms with Gasteiger partial charge in [-0.1, -0.05) is 202 Å². The second-order valence-corrected chi connectivity index (χ2v) is 23.4. The first-order valence-electron chi connectivity index (χ1n) is 27.6. The third-order valence-corrected chi connectivity index (χ3v) is 19.2. The van der Waals surface area contributed by atoms with Crippen LogP contribution in [0.3, 0.4) is 0 Å². The van der Waals surface area contributed by atoms with Crippen molar-refractivity contribution in [3.8, 4) is 66.8 Å². The van der Waals surface area contributed by atoms with Gasteiger partial charge in [0, 0.05) is 59.5 Å². The molecule has 79 heavy (non-hydrogen) atoms. The van der Waals surface area contributed by atoms with Crippen LogP contribution in [0, 0.1) is 0 Å². The van der Waals surface area contributed by atoms with Crippen molar-refractivity contribution in [1.82, 2.24) is 0 Å². The van der Waals surface area contributed by atoms with E-state index in [4.69, 9.17) is 0 Å². The molecule has 1 spiro atoms. The van der Waals surface area contributed by atoms with Crippen LogP contribution in [-0.4, -0.2) is 0 Å². The van der Waals surface area contributed by atoms with Crippen molar-refractivity contribution in [2.24, 2.45) is 0 Å². The van der Waals surface area contributed by atoms with Gasteiger partial charge < -0.3 is 9.80 Å².